The van der Waals surface area contributed by atoms with E-state index in [0.29, 0.717) is 23.9 Å². The molecule has 1 heterocycles. The molecule has 1 N–H and O–H groups in total. The summed E-state index contributed by atoms with van der Waals surface area (Å²) < 4.78 is 10.7. The van der Waals surface area contributed by atoms with E-state index in [9.17, 15) is 5.11 Å². The third-order valence-electron chi connectivity index (χ3n) is 3.43. The van der Waals surface area contributed by atoms with Crippen molar-refractivity contribution in [1.82, 2.24) is 0 Å². The predicted octanol–water partition coefficient (Wildman–Crippen LogP) is 2.76. The van der Waals surface area contributed by atoms with Gasteiger partial charge in [-0.25, -0.2) is 0 Å². The Morgan fingerprint density at radius 1 is 1.47 bits per heavy atom. The van der Waals surface area contributed by atoms with E-state index in [1.807, 2.05) is 12.1 Å². The molecule has 2 rings (SSSR count). The topological polar surface area (TPSA) is 42.0 Å². The van der Waals surface area contributed by atoms with Crippen molar-refractivity contribution >= 4 is 0 Å². The largest absolute Gasteiger partial charge is 0.504 e. The van der Waals surface area contributed by atoms with E-state index >= 15 is 0 Å². The summed E-state index contributed by atoms with van der Waals surface area (Å²) in [7, 11) is 1.57. The summed E-state index contributed by atoms with van der Waals surface area (Å²) >= 11 is 0. The first kappa shape index (κ1) is 12.2. The average molecular weight is 236 g/mol. The van der Waals surface area contributed by atoms with Gasteiger partial charge in [0.15, 0.2) is 11.5 Å². The number of benzene rings is 1. The van der Waals surface area contributed by atoms with Crippen molar-refractivity contribution in [2.45, 2.75) is 38.9 Å². The number of ether oxygens (including phenoxy) is 2. The highest BCUT2D eigenvalue weighted by atomic mass is 16.6. The number of para-hydroxylation sites is 1. The first-order valence-corrected chi connectivity index (χ1v) is 6.17. The molecule has 0 saturated carbocycles. The second-order valence-electron chi connectivity index (χ2n) is 4.70. The van der Waals surface area contributed by atoms with E-state index in [-0.39, 0.29) is 5.75 Å². The van der Waals surface area contributed by atoms with E-state index in [1.54, 1.807) is 13.2 Å². The fraction of sp³-hybridized carbons (Fsp3) is 0.571. The molecule has 0 bridgehead atoms. The summed E-state index contributed by atoms with van der Waals surface area (Å²) in [5.74, 6) is 1.23. The molecule has 3 unspecified atom stereocenters. The molecule has 0 amide bonds. The summed E-state index contributed by atoms with van der Waals surface area (Å²) in [5.41, 5.74) is 0.933. The zero-order valence-electron chi connectivity index (χ0n) is 10.6. The van der Waals surface area contributed by atoms with Crippen LogP contribution >= 0.6 is 0 Å². The molecule has 1 aliphatic heterocycles. The molecule has 0 spiro atoms. The zero-order valence-corrected chi connectivity index (χ0v) is 10.6. The van der Waals surface area contributed by atoms with Gasteiger partial charge in [-0.3, -0.25) is 0 Å². The summed E-state index contributed by atoms with van der Waals surface area (Å²) in [6.07, 6.45) is 2.66. The van der Waals surface area contributed by atoms with Crippen LogP contribution in [-0.4, -0.2) is 24.4 Å². The molecule has 17 heavy (non-hydrogen) atoms. The number of epoxide rings is 1. The van der Waals surface area contributed by atoms with Gasteiger partial charge >= 0.3 is 0 Å². The van der Waals surface area contributed by atoms with Gasteiger partial charge in [0.1, 0.15) is 0 Å². The van der Waals surface area contributed by atoms with Crippen molar-refractivity contribution in [3.8, 4) is 11.5 Å². The standard InChI is InChI=1S/C14H20O3/c1-4-11-14(17-11)9(2)8-10-6-5-7-12(16-3)13(10)15/h5-7,9,11,14-15H,4,8H2,1-3H3. The Balaban J connectivity index is 2.03. The molecular formula is C14H20O3. The lowest BCUT2D eigenvalue weighted by Crippen LogP contribution is -2.10. The highest BCUT2D eigenvalue weighted by molar-refractivity contribution is 5.45. The van der Waals surface area contributed by atoms with Crippen LogP contribution in [0.3, 0.4) is 0 Å². The molecule has 0 aromatic heterocycles. The second-order valence-corrected chi connectivity index (χ2v) is 4.70. The van der Waals surface area contributed by atoms with Gasteiger partial charge in [-0.1, -0.05) is 26.0 Å². The van der Waals surface area contributed by atoms with Crippen LogP contribution in [0.1, 0.15) is 25.8 Å². The minimum Gasteiger partial charge on any atom is -0.504 e. The third-order valence-corrected chi connectivity index (χ3v) is 3.43. The third kappa shape index (κ3) is 2.55. The van der Waals surface area contributed by atoms with Gasteiger partial charge in [0.2, 0.25) is 0 Å². The van der Waals surface area contributed by atoms with Gasteiger partial charge in [0, 0.05) is 0 Å². The molecule has 94 valence electrons. The number of aromatic hydroxyl groups is 1. The van der Waals surface area contributed by atoms with Gasteiger partial charge in [-0.2, -0.15) is 0 Å². The van der Waals surface area contributed by atoms with Crippen molar-refractivity contribution < 1.29 is 14.6 Å². The fourth-order valence-corrected chi connectivity index (χ4v) is 2.35. The number of phenols is 1. The van der Waals surface area contributed by atoms with Crippen molar-refractivity contribution in [2.24, 2.45) is 5.92 Å². The second kappa shape index (κ2) is 4.96. The molecule has 1 aliphatic rings. The summed E-state index contributed by atoms with van der Waals surface area (Å²) in [4.78, 5) is 0. The van der Waals surface area contributed by atoms with Crippen LogP contribution in [0.4, 0.5) is 0 Å². The quantitative estimate of drug-likeness (QED) is 0.799. The predicted molar refractivity (Wildman–Crippen MR) is 66.5 cm³/mol. The summed E-state index contributed by atoms with van der Waals surface area (Å²) in [6.45, 7) is 4.31. The number of hydrogen-bond acceptors (Lipinski definition) is 3. The Kier molecular flexibility index (Phi) is 3.57. The van der Waals surface area contributed by atoms with Gasteiger partial charge in [-0.05, 0) is 30.4 Å². The monoisotopic (exact) mass is 236 g/mol. The van der Waals surface area contributed by atoms with E-state index in [4.69, 9.17) is 9.47 Å². The first-order chi connectivity index (χ1) is 8.17. The minimum atomic E-state index is 0.260. The van der Waals surface area contributed by atoms with Crippen LogP contribution in [0.15, 0.2) is 18.2 Å². The van der Waals surface area contributed by atoms with E-state index in [1.165, 1.54) is 0 Å². The van der Waals surface area contributed by atoms with E-state index in [0.717, 1.165) is 18.4 Å². The Hall–Kier alpha value is -1.22. The Bertz CT molecular complexity index is 389. The van der Waals surface area contributed by atoms with Gasteiger partial charge in [0.05, 0.1) is 19.3 Å². The number of rotatable bonds is 5. The van der Waals surface area contributed by atoms with E-state index in [2.05, 4.69) is 13.8 Å². The smallest absolute Gasteiger partial charge is 0.160 e. The SMILES string of the molecule is CCC1OC1C(C)Cc1cccc(OC)c1O. The van der Waals surface area contributed by atoms with Crippen LogP contribution < -0.4 is 4.74 Å². The molecule has 3 nitrogen and oxygen atoms in total. The molecular weight excluding hydrogens is 216 g/mol. The Labute approximate surface area is 102 Å². The van der Waals surface area contributed by atoms with Gasteiger partial charge < -0.3 is 14.6 Å². The van der Waals surface area contributed by atoms with Crippen LogP contribution in [0, 0.1) is 5.92 Å². The lowest BCUT2D eigenvalue weighted by Gasteiger charge is -2.12. The van der Waals surface area contributed by atoms with Crippen LogP contribution in [0.2, 0.25) is 0 Å². The average Bonchev–Trinajstić information content (AvgIpc) is 3.11. The molecule has 0 radical (unpaired) electrons. The van der Waals surface area contributed by atoms with Crippen molar-refractivity contribution in [1.29, 1.82) is 0 Å². The maximum Gasteiger partial charge on any atom is 0.160 e. The van der Waals surface area contributed by atoms with Crippen molar-refractivity contribution in [3.63, 3.8) is 0 Å². The van der Waals surface area contributed by atoms with Crippen LogP contribution in [0.25, 0.3) is 0 Å². The highest BCUT2D eigenvalue weighted by Gasteiger charge is 2.41. The fourth-order valence-electron chi connectivity index (χ4n) is 2.35. The molecule has 0 aliphatic carbocycles. The number of hydrogen-bond donors (Lipinski definition) is 1. The number of phenolic OH excluding ortho intramolecular Hbond substituents is 1. The highest BCUT2D eigenvalue weighted by Crippen LogP contribution is 2.36. The maximum atomic E-state index is 10.00. The van der Waals surface area contributed by atoms with Crippen molar-refractivity contribution in [2.75, 3.05) is 7.11 Å². The van der Waals surface area contributed by atoms with Crippen LogP contribution in [-0.2, 0) is 11.2 Å². The minimum absolute atomic E-state index is 0.260. The molecule has 1 fully saturated rings. The lowest BCUT2D eigenvalue weighted by atomic mass is 9.95. The first-order valence-electron chi connectivity index (χ1n) is 6.17. The lowest BCUT2D eigenvalue weighted by molar-refractivity contribution is 0.319. The Morgan fingerprint density at radius 3 is 2.82 bits per heavy atom. The molecule has 1 saturated heterocycles. The molecule has 3 heteroatoms. The van der Waals surface area contributed by atoms with Gasteiger partial charge in [0.25, 0.3) is 0 Å². The summed E-state index contributed by atoms with van der Waals surface area (Å²) in [5, 5.41) is 10.00. The van der Waals surface area contributed by atoms with Crippen LogP contribution in [0.5, 0.6) is 11.5 Å². The normalized spacial score (nSPS) is 24.4. The van der Waals surface area contributed by atoms with E-state index < -0.39 is 0 Å². The molecule has 1 aromatic carbocycles. The number of methoxy groups -OCH3 is 1. The Morgan fingerprint density at radius 2 is 2.24 bits per heavy atom. The van der Waals surface area contributed by atoms with Crippen molar-refractivity contribution in [3.05, 3.63) is 23.8 Å². The maximum absolute atomic E-state index is 10.00. The van der Waals surface area contributed by atoms with Gasteiger partial charge in [-0.15, -0.1) is 0 Å². The molecule has 3 atom stereocenters. The summed E-state index contributed by atoms with van der Waals surface area (Å²) in [6, 6.07) is 5.62. The molecule has 1 aromatic rings. The zero-order chi connectivity index (χ0) is 12.4.